The fourth-order valence-electron chi connectivity index (χ4n) is 5.95. The number of hydrogen-bond donors (Lipinski definition) is 4. The van der Waals surface area contributed by atoms with Gasteiger partial charge in [0.15, 0.2) is 0 Å². The SMILES string of the molecule is CC(C)(C)c1cc(C=N[C@@H]2CCCC[C@H]2N=Cc2cc(C(C)(C)C)cc(C(C)(C)C)c2O)c(O)c(C(C)(C)C)c1.O=C(O)[C@H]1OS(=O)O[C@@H]1C(=O)O.[Co]. The third-order valence-corrected chi connectivity index (χ3v) is 9.99. The Hall–Kier alpha value is -3.10. The van der Waals surface area contributed by atoms with E-state index in [-0.39, 0.29) is 50.5 Å². The van der Waals surface area contributed by atoms with E-state index in [1.165, 1.54) is 11.1 Å². The van der Waals surface area contributed by atoms with Gasteiger partial charge in [-0.2, -0.15) is 4.21 Å². The predicted molar refractivity (Wildman–Crippen MR) is 205 cm³/mol. The minimum atomic E-state index is -2.29. The first-order valence-corrected chi connectivity index (χ1v) is 18.8. The smallest absolute Gasteiger partial charge is 0.337 e. The molecule has 1 aliphatic heterocycles. The molecular formula is C40H58CoN2O9S. The van der Waals surface area contributed by atoms with Gasteiger partial charge in [-0.25, -0.2) is 18.0 Å². The number of hydrogen-bond acceptors (Lipinski definition) is 9. The van der Waals surface area contributed by atoms with Crippen molar-refractivity contribution in [2.75, 3.05) is 0 Å². The summed E-state index contributed by atoms with van der Waals surface area (Å²) in [4.78, 5) is 30.6. The van der Waals surface area contributed by atoms with Crippen LogP contribution in [0.3, 0.4) is 0 Å². The van der Waals surface area contributed by atoms with Crippen LogP contribution in [0.15, 0.2) is 34.3 Å². The molecule has 4 atom stereocenters. The number of rotatable bonds is 6. The molecule has 53 heavy (non-hydrogen) atoms. The first-order chi connectivity index (χ1) is 23.7. The van der Waals surface area contributed by atoms with Crippen molar-refractivity contribution in [1.29, 1.82) is 0 Å². The normalized spacial score (nSPS) is 21.7. The quantitative estimate of drug-likeness (QED) is 0.214. The Bertz CT molecular complexity index is 1590. The van der Waals surface area contributed by atoms with Crippen molar-refractivity contribution < 1.29 is 59.4 Å². The van der Waals surface area contributed by atoms with Crippen molar-refractivity contribution in [2.45, 2.75) is 155 Å². The number of carbonyl (C=O) groups is 2. The third-order valence-electron chi connectivity index (χ3n) is 9.26. The van der Waals surface area contributed by atoms with Gasteiger partial charge in [0.05, 0.1) is 12.1 Å². The molecule has 2 aromatic rings. The summed E-state index contributed by atoms with van der Waals surface area (Å²) >= 11 is -2.29. The molecule has 297 valence electrons. The van der Waals surface area contributed by atoms with Gasteiger partial charge >= 0.3 is 23.3 Å². The number of aromatic hydroxyl groups is 2. The molecule has 11 nitrogen and oxygen atoms in total. The first kappa shape index (κ1) is 46.1. The van der Waals surface area contributed by atoms with Crippen LogP contribution in [-0.2, 0) is 67.8 Å². The second-order valence-corrected chi connectivity index (χ2v) is 18.6. The number of carboxylic acids is 2. The van der Waals surface area contributed by atoms with E-state index in [1.807, 2.05) is 12.4 Å². The molecule has 1 heterocycles. The molecule has 1 aliphatic carbocycles. The summed E-state index contributed by atoms with van der Waals surface area (Å²) < 4.78 is 18.7. The molecule has 1 saturated carbocycles. The minimum Gasteiger partial charge on any atom is -0.507 e. The van der Waals surface area contributed by atoms with Crippen LogP contribution < -0.4 is 0 Å². The molecule has 0 bridgehead atoms. The Labute approximate surface area is 327 Å². The number of nitrogens with zero attached hydrogens (tertiary/aromatic N) is 2. The van der Waals surface area contributed by atoms with Crippen LogP contribution in [0.4, 0.5) is 0 Å². The topological polar surface area (TPSA) is 175 Å². The molecule has 0 amide bonds. The van der Waals surface area contributed by atoms with E-state index in [9.17, 15) is 24.0 Å². The predicted octanol–water partition coefficient (Wildman–Crippen LogP) is 7.65. The molecule has 2 aromatic carbocycles. The zero-order chi connectivity index (χ0) is 39.6. The average molecular weight is 802 g/mol. The van der Waals surface area contributed by atoms with Gasteiger partial charge in [-0.05, 0) is 57.8 Å². The van der Waals surface area contributed by atoms with Gasteiger partial charge in [0.2, 0.25) is 12.2 Å². The van der Waals surface area contributed by atoms with Crippen LogP contribution in [0.1, 0.15) is 142 Å². The van der Waals surface area contributed by atoms with Crippen LogP contribution in [0.2, 0.25) is 0 Å². The van der Waals surface area contributed by atoms with Gasteiger partial charge in [-0.1, -0.05) is 108 Å². The van der Waals surface area contributed by atoms with E-state index in [4.69, 9.17) is 20.2 Å². The van der Waals surface area contributed by atoms with Crippen molar-refractivity contribution in [3.05, 3.63) is 57.6 Å². The van der Waals surface area contributed by atoms with Crippen LogP contribution >= 0.6 is 0 Å². The first-order valence-electron chi connectivity index (χ1n) is 17.8. The minimum absolute atomic E-state index is 0. The van der Waals surface area contributed by atoms with Crippen LogP contribution in [-0.4, -0.2) is 73.3 Å². The van der Waals surface area contributed by atoms with Crippen LogP contribution in [0.25, 0.3) is 0 Å². The van der Waals surface area contributed by atoms with Crippen LogP contribution in [0, 0.1) is 0 Å². The maximum absolute atomic E-state index is 11.2. The van der Waals surface area contributed by atoms with Crippen molar-refractivity contribution in [2.24, 2.45) is 9.98 Å². The van der Waals surface area contributed by atoms with E-state index in [0.29, 0.717) is 11.5 Å². The zero-order valence-corrected chi connectivity index (χ0v) is 34.9. The summed E-state index contributed by atoms with van der Waals surface area (Å²) in [6, 6.07) is 8.53. The maximum Gasteiger partial charge on any atom is 0.337 e. The number of benzene rings is 2. The number of carboxylic acid groups (broad SMARTS) is 2. The second-order valence-electron chi connectivity index (χ2n) is 17.8. The van der Waals surface area contributed by atoms with Gasteiger partial charge < -0.3 is 20.4 Å². The Morgan fingerprint density at radius 1 is 0.642 bits per heavy atom. The summed E-state index contributed by atoms with van der Waals surface area (Å²) in [5.74, 6) is -2.40. The molecule has 1 saturated heterocycles. The van der Waals surface area contributed by atoms with Gasteiger partial charge in [-0.15, -0.1) is 0 Å². The van der Waals surface area contributed by atoms with E-state index >= 15 is 0 Å². The Kier molecular flexibility index (Phi) is 15.3. The molecule has 0 aromatic heterocycles. The summed E-state index contributed by atoms with van der Waals surface area (Å²) in [6.45, 7) is 26.0. The van der Waals surface area contributed by atoms with Gasteiger partial charge in [0.1, 0.15) is 11.5 Å². The van der Waals surface area contributed by atoms with Crippen molar-refractivity contribution in [1.82, 2.24) is 0 Å². The molecule has 0 unspecified atom stereocenters. The largest absolute Gasteiger partial charge is 0.507 e. The second kappa shape index (κ2) is 17.6. The van der Waals surface area contributed by atoms with Gasteiger partial charge in [0.25, 0.3) is 0 Å². The van der Waals surface area contributed by atoms with Crippen molar-refractivity contribution in [3.8, 4) is 11.5 Å². The van der Waals surface area contributed by atoms with E-state index in [0.717, 1.165) is 47.9 Å². The fourth-order valence-corrected chi connectivity index (χ4v) is 6.70. The van der Waals surface area contributed by atoms with Gasteiger partial charge in [-0.3, -0.25) is 9.98 Å². The summed E-state index contributed by atoms with van der Waals surface area (Å²) in [6.07, 6.45) is 4.49. The molecule has 4 N–H and O–H groups in total. The molecule has 13 heteroatoms. The standard InChI is InChI=1S/C36H54N2O2.C4H4O7S.Co/c1-33(2,3)25-17-23(31(39)27(19-25)35(7,8)9)21-37-29-15-13-14-16-30(29)38-22-24-18-26(34(4,5)6)20-28(32(24)40)36(10,11)12;5-3(6)1-2(4(7)8)11-12(9)10-1;/h17-22,29-30,39-40H,13-16H2,1-12H3;1-2H,(H,5,6)(H,7,8);/t29-,30-;1-,2-;/m10./s1. The monoisotopic (exact) mass is 801 g/mol. The fraction of sp³-hybridized carbons (Fsp3) is 0.600. The number of aliphatic carboxylic acids is 2. The number of phenolic OH excluding ortho intramolecular Hbond substituents is 2. The molecule has 4 rings (SSSR count). The molecule has 2 aliphatic rings. The van der Waals surface area contributed by atoms with E-state index < -0.39 is 35.5 Å². The summed E-state index contributed by atoms with van der Waals surface area (Å²) in [7, 11) is 0. The summed E-state index contributed by atoms with van der Waals surface area (Å²) in [5, 5.41) is 39.1. The van der Waals surface area contributed by atoms with Crippen molar-refractivity contribution in [3.63, 3.8) is 0 Å². The number of aliphatic imine (C=N–C) groups is 2. The number of phenols is 2. The Morgan fingerprint density at radius 2 is 0.962 bits per heavy atom. The van der Waals surface area contributed by atoms with E-state index in [2.05, 4.69) is 116 Å². The van der Waals surface area contributed by atoms with Crippen molar-refractivity contribution >= 4 is 35.7 Å². The zero-order valence-electron chi connectivity index (χ0n) is 33.1. The molecule has 0 spiro atoms. The van der Waals surface area contributed by atoms with E-state index in [1.54, 1.807) is 0 Å². The van der Waals surface area contributed by atoms with Gasteiger partial charge in [0, 0.05) is 51.5 Å². The summed E-state index contributed by atoms with van der Waals surface area (Å²) in [5.41, 5.74) is 5.39. The molecular weight excluding hydrogens is 743 g/mol. The van der Waals surface area contributed by atoms with Crippen LogP contribution in [0.5, 0.6) is 11.5 Å². The molecule has 1 radical (unpaired) electrons. The average Bonchev–Trinajstić information content (AvgIpc) is 3.41. The third kappa shape index (κ3) is 12.2. The maximum atomic E-state index is 11.2. The Balaban J connectivity index is 0.000000634. The molecule has 2 fully saturated rings. The Morgan fingerprint density at radius 3 is 1.23 bits per heavy atom.